The fraction of sp³-hybridized carbons (Fsp3) is 0.261. The zero-order chi connectivity index (χ0) is 22.7. The average Bonchev–Trinajstić information content (AvgIpc) is 3.45. The molecule has 0 N–H and O–H groups in total. The summed E-state index contributed by atoms with van der Waals surface area (Å²) in [5.41, 5.74) is 1.03. The van der Waals surface area contributed by atoms with Gasteiger partial charge in [-0.3, -0.25) is 9.69 Å². The Morgan fingerprint density at radius 3 is 2.72 bits per heavy atom. The molecule has 0 saturated carbocycles. The van der Waals surface area contributed by atoms with E-state index >= 15 is 0 Å². The van der Waals surface area contributed by atoms with E-state index in [1.54, 1.807) is 12.5 Å². The third-order valence-electron chi connectivity index (χ3n) is 5.14. The van der Waals surface area contributed by atoms with Crippen LogP contribution in [0.5, 0.6) is 0 Å². The van der Waals surface area contributed by atoms with Gasteiger partial charge in [-0.15, -0.1) is 0 Å². The number of rotatable bonds is 7. The predicted molar refractivity (Wildman–Crippen MR) is 119 cm³/mol. The number of fused-ring (bicyclic) bond motifs is 1. The molecule has 0 aliphatic heterocycles. The molecule has 0 aliphatic carbocycles. The summed E-state index contributed by atoms with van der Waals surface area (Å²) in [6.45, 7) is 2.97. The summed E-state index contributed by atoms with van der Waals surface area (Å²) in [5, 5.41) is 0.481. The molecule has 2 aromatic heterocycles. The maximum absolute atomic E-state index is 13.4. The molecule has 9 heteroatoms. The lowest BCUT2D eigenvalue weighted by atomic mass is 10.1. The number of alkyl halides is 3. The molecule has 2 aromatic carbocycles. The summed E-state index contributed by atoms with van der Waals surface area (Å²) in [6, 6.07) is 10.4. The molecule has 1 amide bonds. The molecule has 5 nitrogen and oxygen atoms in total. The summed E-state index contributed by atoms with van der Waals surface area (Å²) in [7, 11) is 0. The highest BCUT2D eigenvalue weighted by molar-refractivity contribution is 7.22. The summed E-state index contributed by atoms with van der Waals surface area (Å²) in [4.78, 5) is 23.5. The number of aromatic nitrogens is 3. The average molecular weight is 459 g/mol. The van der Waals surface area contributed by atoms with Crippen LogP contribution in [0.15, 0.2) is 61.2 Å². The van der Waals surface area contributed by atoms with Gasteiger partial charge >= 0.3 is 6.18 Å². The Morgan fingerprint density at radius 1 is 1.19 bits per heavy atom. The van der Waals surface area contributed by atoms with Gasteiger partial charge in [0.25, 0.3) is 5.91 Å². The first-order valence-corrected chi connectivity index (χ1v) is 11.0. The van der Waals surface area contributed by atoms with Crippen LogP contribution in [0, 0.1) is 0 Å². The number of para-hydroxylation sites is 1. The predicted octanol–water partition coefficient (Wildman–Crippen LogP) is 5.81. The Hall–Kier alpha value is -3.20. The number of amides is 1. The minimum Gasteiger partial charge on any atom is -0.337 e. The van der Waals surface area contributed by atoms with Gasteiger partial charge in [0.1, 0.15) is 0 Å². The molecule has 0 bridgehead atoms. The third-order valence-corrected chi connectivity index (χ3v) is 6.19. The summed E-state index contributed by atoms with van der Waals surface area (Å²) in [6.07, 6.45) is 2.05. The van der Waals surface area contributed by atoms with E-state index in [2.05, 4.69) is 4.98 Å². The molecule has 0 atom stereocenters. The van der Waals surface area contributed by atoms with E-state index in [4.69, 9.17) is 4.98 Å². The SMILES string of the molecule is CCc1cccc2sc(N(CCCn3ccnc3)C(=O)c3cccc(C(F)(F)F)c3)nc12. The van der Waals surface area contributed by atoms with E-state index in [1.165, 1.54) is 28.4 Å². The van der Waals surface area contributed by atoms with Crippen molar-refractivity contribution >= 4 is 32.6 Å². The molecule has 0 fully saturated rings. The van der Waals surface area contributed by atoms with Crippen LogP contribution in [-0.4, -0.2) is 27.0 Å². The molecular formula is C23H21F3N4OS. The van der Waals surface area contributed by atoms with Crippen LogP contribution in [0.25, 0.3) is 10.2 Å². The second-order valence-electron chi connectivity index (χ2n) is 7.30. The Morgan fingerprint density at radius 2 is 2.00 bits per heavy atom. The van der Waals surface area contributed by atoms with Crippen molar-refractivity contribution in [2.45, 2.75) is 32.5 Å². The third kappa shape index (κ3) is 4.67. The van der Waals surface area contributed by atoms with Gasteiger partial charge in [-0.2, -0.15) is 13.2 Å². The summed E-state index contributed by atoms with van der Waals surface area (Å²) >= 11 is 1.37. The summed E-state index contributed by atoms with van der Waals surface area (Å²) in [5.74, 6) is -0.501. The Bertz CT molecular complexity index is 1220. The second kappa shape index (κ2) is 9.12. The molecular weight excluding hydrogens is 437 g/mol. The van der Waals surface area contributed by atoms with Crippen molar-refractivity contribution in [3.05, 3.63) is 77.9 Å². The monoisotopic (exact) mass is 458 g/mol. The standard InChI is InChI=1S/C23H21F3N4OS/c1-2-16-6-4-9-19-20(16)28-22(32-19)30(12-5-11-29-13-10-27-15-29)21(31)17-7-3-8-18(14-17)23(24,25)26/h3-4,6-10,13-15H,2,5,11-12H2,1H3. The number of halogens is 3. The Kier molecular flexibility index (Phi) is 6.27. The fourth-order valence-corrected chi connectivity index (χ4v) is 4.53. The number of aryl methyl sites for hydroxylation is 2. The lowest BCUT2D eigenvalue weighted by molar-refractivity contribution is -0.137. The van der Waals surface area contributed by atoms with Crippen molar-refractivity contribution in [1.29, 1.82) is 0 Å². The van der Waals surface area contributed by atoms with Crippen LogP contribution < -0.4 is 4.90 Å². The van der Waals surface area contributed by atoms with Crippen molar-refractivity contribution in [3.63, 3.8) is 0 Å². The highest BCUT2D eigenvalue weighted by atomic mass is 32.1. The summed E-state index contributed by atoms with van der Waals surface area (Å²) < 4.78 is 42.4. The second-order valence-corrected chi connectivity index (χ2v) is 8.31. The lowest BCUT2D eigenvalue weighted by Crippen LogP contribution is -2.32. The smallest absolute Gasteiger partial charge is 0.337 e. The van der Waals surface area contributed by atoms with Crippen LogP contribution in [0.2, 0.25) is 0 Å². The van der Waals surface area contributed by atoms with Crippen LogP contribution in [0.4, 0.5) is 18.3 Å². The van der Waals surface area contributed by atoms with Crippen LogP contribution >= 0.6 is 11.3 Å². The Balaban J connectivity index is 1.68. The molecule has 4 aromatic rings. The van der Waals surface area contributed by atoms with E-state index in [-0.39, 0.29) is 5.56 Å². The number of benzene rings is 2. The first-order chi connectivity index (χ1) is 15.4. The van der Waals surface area contributed by atoms with Gasteiger partial charge in [-0.25, -0.2) is 9.97 Å². The molecule has 166 valence electrons. The highest BCUT2D eigenvalue weighted by Gasteiger charge is 2.31. The van der Waals surface area contributed by atoms with Crippen LogP contribution in [-0.2, 0) is 19.1 Å². The van der Waals surface area contributed by atoms with E-state index < -0.39 is 17.6 Å². The van der Waals surface area contributed by atoms with Gasteiger partial charge in [0.2, 0.25) is 0 Å². The van der Waals surface area contributed by atoms with Gasteiger partial charge in [0.15, 0.2) is 5.13 Å². The van der Waals surface area contributed by atoms with Gasteiger partial charge < -0.3 is 4.57 Å². The maximum atomic E-state index is 13.4. The molecule has 2 heterocycles. The number of carbonyl (C=O) groups excluding carboxylic acids is 1. The van der Waals surface area contributed by atoms with Crippen molar-refractivity contribution in [3.8, 4) is 0 Å². The molecule has 0 radical (unpaired) electrons. The number of nitrogens with zero attached hydrogens (tertiary/aromatic N) is 4. The van der Waals surface area contributed by atoms with Crippen LogP contribution in [0.1, 0.15) is 34.8 Å². The van der Waals surface area contributed by atoms with E-state index in [0.717, 1.165) is 34.3 Å². The molecule has 0 spiro atoms. The zero-order valence-corrected chi connectivity index (χ0v) is 18.2. The van der Waals surface area contributed by atoms with Crippen molar-refractivity contribution in [2.75, 3.05) is 11.4 Å². The molecule has 4 rings (SSSR count). The number of hydrogen-bond donors (Lipinski definition) is 0. The van der Waals surface area contributed by atoms with Crippen molar-refractivity contribution in [2.24, 2.45) is 0 Å². The van der Waals surface area contributed by atoms with Crippen molar-refractivity contribution in [1.82, 2.24) is 14.5 Å². The zero-order valence-electron chi connectivity index (χ0n) is 17.3. The van der Waals surface area contributed by atoms with E-state index in [0.29, 0.717) is 24.6 Å². The minimum absolute atomic E-state index is 0.0163. The van der Waals surface area contributed by atoms with Gasteiger partial charge in [-0.05, 0) is 42.7 Å². The molecule has 0 aliphatic rings. The van der Waals surface area contributed by atoms with Gasteiger partial charge in [-0.1, -0.05) is 36.5 Å². The first-order valence-electron chi connectivity index (χ1n) is 10.2. The molecule has 0 saturated heterocycles. The number of hydrogen-bond acceptors (Lipinski definition) is 4. The first kappa shape index (κ1) is 22.0. The van der Waals surface area contributed by atoms with Crippen molar-refractivity contribution < 1.29 is 18.0 Å². The number of imidazole rings is 1. The molecule has 0 unspecified atom stereocenters. The minimum atomic E-state index is -4.52. The number of thiazole rings is 1. The molecule has 32 heavy (non-hydrogen) atoms. The van der Waals surface area contributed by atoms with Gasteiger partial charge in [0, 0.05) is 31.0 Å². The lowest BCUT2D eigenvalue weighted by Gasteiger charge is -2.20. The highest BCUT2D eigenvalue weighted by Crippen LogP contribution is 2.33. The van der Waals surface area contributed by atoms with E-state index in [9.17, 15) is 18.0 Å². The van der Waals surface area contributed by atoms with Gasteiger partial charge in [0.05, 0.1) is 22.1 Å². The number of anilines is 1. The largest absolute Gasteiger partial charge is 0.416 e. The van der Waals surface area contributed by atoms with Crippen LogP contribution in [0.3, 0.4) is 0 Å². The topological polar surface area (TPSA) is 51.0 Å². The van der Waals surface area contributed by atoms with E-state index in [1.807, 2.05) is 35.9 Å². The maximum Gasteiger partial charge on any atom is 0.416 e. The Labute approximate surface area is 187 Å². The number of carbonyl (C=O) groups is 1. The fourth-order valence-electron chi connectivity index (χ4n) is 3.49. The normalized spacial score (nSPS) is 11.8. The quantitative estimate of drug-likeness (QED) is 0.351.